The smallest absolute Gasteiger partial charge is 0.410 e. The Morgan fingerprint density at radius 1 is 0.672 bits per heavy atom. The summed E-state index contributed by atoms with van der Waals surface area (Å²) in [6.45, 7) is 3.52. The summed E-state index contributed by atoms with van der Waals surface area (Å²) in [5.74, 6) is 0.487. The van der Waals surface area contributed by atoms with Crippen LogP contribution < -0.4 is 0 Å². The second kappa shape index (κ2) is 21.0. The van der Waals surface area contributed by atoms with E-state index in [4.69, 9.17) is 13.7 Å². The van der Waals surface area contributed by atoms with Crippen molar-refractivity contribution in [2.75, 3.05) is 6.61 Å². The lowest BCUT2D eigenvalue weighted by molar-refractivity contribution is 0.0864. The van der Waals surface area contributed by atoms with Crippen LogP contribution in [0.1, 0.15) is 66.3 Å². The SMILES string of the molecule is Brc1ccc2c(c1)C=CC2.Cc1ccc(S(=O)(=O)OCC2CC3CCC2N3C(=O)OCc2ccccc2)cc1.O=C(OCc1ccccc1)N1C2CCC1C(Cn1ccc3cc(Br)ccc31)C2. The van der Waals surface area contributed by atoms with E-state index < -0.39 is 10.1 Å². The maximum atomic E-state index is 12.8. The van der Waals surface area contributed by atoms with Crippen molar-refractivity contribution in [2.45, 2.75) is 101 Å². The quantitative estimate of drug-likeness (QED) is 0.126. The van der Waals surface area contributed by atoms with Crippen molar-refractivity contribution >= 4 is 71.1 Å². The molecule has 6 atom stereocenters. The average molecular weight is 1050 g/mol. The van der Waals surface area contributed by atoms with E-state index in [0.717, 1.165) is 77.1 Å². The summed E-state index contributed by atoms with van der Waals surface area (Å²) in [7, 11) is -3.80. The summed E-state index contributed by atoms with van der Waals surface area (Å²) in [6, 6.07) is 41.7. The number of rotatable bonds is 10. The molecular weight excluding hydrogens is 994 g/mol. The molecule has 2 amide bonds. The van der Waals surface area contributed by atoms with Gasteiger partial charge in [-0.25, -0.2) is 9.59 Å². The highest BCUT2D eigenvalue weighted by atomic mass is 79.9. The molecule has 1 aliphatic carbocycles. The van der Waals surface area contributed by atoms with Gasteiger partial charge in [0.15, 0.2) is 0 Å². The number of hydrogen-bond acceptors (Lipinski definition) is 7. The molecular formula is C54H55Br2N3O7S. The van der Waals surface area contributed by atoms with E-state index in [1.54, 1.807) is 29.2 Å². The third-order valence-corrected chi connectivity index (χ3v) is 16.1. The molecule has 13 heteroatoms. The number of aromatic nitrogens is 1. The van der Waals surface area contributed by atoms with Crippen LogP contribution in [0.3, 0.4) is 0 Å². The van der Waals surface area contributed by atoms with E-state index in [-0.39, 0.29) is 48.3 Å². The van der Waals surface area contributed by atoms with E-state index in [1.165, 1.54) is 22.0 Å². The van der Waals surface area contributed by atoms with Gasteiger partial charge in [-0.15, -0.1) is 0 Å². The van der Waals surface area contributed by atoms with Gasteiger partial charge in [0.05, 0.1) is 11.5 Å². The monoisotopic (exact) mass is 1050 g/mol. The first kappa shape index (κ1) is 46.9. The number of fused-ring (bicyclic) bond motifs is 6. The van der Waals surface area contributed by atoms with Crippen LogP contribution in [0, 0.1) is 18.8 Å². The van der Waals surface area contributed by atoms with E-state index in [9.17, 15) is 18.0 Å². The number of amides is 2. The highest BCUT2D eigenvalue weighted by molar-refractivity contribution is 9.10. The Morgan fingerprint density at radius 3 is 1.90 bits per heavy atom. The molecule has 5 aromatic carbocycles. The second-order valence-electron chi connectivity index (χ2n) is 18.2. The van der Waals surface area contributed by atoms with Crippen molar-refractivity contribution in [1.82, 2.24) is 14.4 Å². The predicted molar refractivity (Wildman–Crippen MR) is 268 cm³/mol. The Kier molecular flexibility index (Phi) is 14.7. The average Bonchev–Trinajstić information content (AvgIpc) is 4.22. The zero-order valence-corrected chi connectivity index (χ0v) is 41.5. The molecule has 6 unspecified atom stereocenters. The fraction of sp³-hybridized carbons (Fsp3) is 0.333. The standard InChI is InChI=1S/C23H23BrN2O2.C22H25NO5S.C9H7Br/c24-19-6-8-21-17(12-19)10-11-25(21)14-18-13-20-7-9-22(18)26(20)23(27)28-15-16-4-2-1-3-5-16;1-16-7-10-20(11-8-16)29(25,26)28-15-18-13-19-9-12-21(18)23(19)22(24)27-14-17-5-3-2-4-6-17;10-9-5-4-7-2-1-3-8(7)6-9/h1-6,8,10-12,18,20,22H,7,9,13-15H2;2-8,10-11,18-19,21H,9,12-15H2,1H3;1,3-6H,2H2. The molecule has 11 rings (SSSR count). The van der Waals surface area contributed by atoms with Crippen molar-refractivity contribution in [3.8, 4) is 0 Å². The van der Waals surface area contributed by atoms with Gasteiger partial charge >= 0.3 is 12.2 Å². The lowest BCUT2D eigenvalue weighted by Gasteiger charge is -2.24. The molecule has 5 heterocycles. The predicted octanol–water partition coefficient (Wildman–Crippen LogP) is 12.5. The molecule has 5 aliphatic rings. The molecule has 1 aromatic heterocycles. The minimum Gasteiger partial charge on any atom is -0.445 e. The first-order chi connectivity index (χ1) is 32.5. The molecule has 10 nitrogen and oxygen atoms in total. The molecule has 4 saturated heterocycles. The fourth-order valence-corrected chi connectivity index (χ4v) is 12.2. The number of hydrogen-bond donors (Lipinski definition) is 0. The second-order valence-corrected chi connectivity index (χ2v) is 21.6. The molecule has 348 valence electrons. The molecule has 0 radical (unpaired) electrons. The van der Waals surface area contributed by atoms with E-state index in [0.29, 0.717) is 24.6 Å². The van der Waals surface area contributed by atoms with Gasteiger partial charge in [-0.3, -0.25) is 4.18 Å². The molecule has 67 heavy (non-hydrogen) atoms. The Morgan fingerprint density at radius 2 is 1.25 bits per heavy atom. The Labute approximate surface area is 410 Å². The lowest BCUT2D eigenvalue weighted by Crippen LogP contribution is -2.37. The van der Waals surface area contributed by atoms with E-state index in [1.807, 2.05) is 72.5 Å². The molecule has 0 N–H and O–H groups in total. The fourth-order valence-electron chi connectivity index (χ4n) is 10.5. The van der Waals surface area contributed by atoms with Gasteiger partial charge in [-0.05, 0) is 129 Å². The first-order valence-corrected chi connectivity index (χ1v) is 26.1. The van der Waals surface area contributed by atoms with E-state index >= 15 is 0 Å². The minimum absolute atomic E-state index is 0.00162. The minimum atomic E-state index is -3.80. The topological polar surface area (TPSA) is 107 Å². The zero-order valence-electron chi connectivity index (χ0n) is 37.5. The number of aryl methyl sites for hydroxylation is 1. The number of halogens is 2. The third-order valence-electron chi connectivity index (χ3n) is 13.8. The normalized spacial score (nSPS) is 22.0. The van der Waals surface area contributed by atoms with Crippen LogP contribution in [0.15, 0.2) is 154 Å². The largest absolute Gasteiger partial charge is 0.445 e. The summed E-state index contributed by atoms with van der Waals surface area (Å²) in [4.78, 5) is 29.4. The van der Waals surface area contributed by atoms with Gasteiger partial charge in [-0.1, -0.05) is 128 Å². The van der Waals surface area contributed by atoms with Crippen molar-refractivity contribution in [2.24, 2.45) is 11.8 Å². The van der Waals surface area contributed by atoms with Gasteiger partial charge in [-0.2, -0.15) is 8.42 Å². The van der Waals surface area contributed by atoms with Crippen molar-refractivity contribution < 1.29 is 31.7 Å². The number of benzene rings is 5. The number of carbonyl (C=O) groups excluding carboxylic acids is 2. The highest BCUT2D eigenvalue weighted by Crippen LogP contribution is 2.44. The highest BCUT2D eigenvalue weighted by Gasteiger charge is 2.50. The van der Waals surface area contributed by atoms with E-state index in [2.05, 4.69) is 97.2 Å². The molecule has 6 aromatic rings. The van der Waals surface area contributed by atoms with Gasteiger partial charge in [0.2, 0.25) is 0 Å². The maximum Gasteiger partial charge on any atom is 0.410 e. The maximum absolute atomic E-state index is 12.8. The van der Waals surface area contributed by atoms with Crippen LogP contribution in [0.25, 0.3) is 17.0 Å². The van der Waals surface area contributed by atoms with Gasteiger partial charge in [0, 0.05) is 62.7 Å². The zero-order chi connectivity index (χ0) is 46.5. The molecule has 4 fully saturated rings. The number of ether oxygens (including phenoxy) is 2. The Hall–Kier alpha value is -5.21. The molecule has 0 spiro atoms. The summed E-state index contributed by atoms with van der Waals surface area (Å²) in [6.07, 6.45) is 12.9. The van der Waals surface area contributed by atoms with Crippen LogP contribution in [-0.4, -0.2) is 65.7 Å². The Balaban J connectivity index is 0.000000139. The van der Waals surface area contributed by atoms with Crippen LogP contribution in [-0.2, 0) is 50.0 Å². The van der Waals surface area contributed by atoms with Gasteiger partial charge in [0.1, 0.15) is 13.2 Å². The number of carbonyl (C=O) groups is 2. The van der Waals surface area contributed by atoms with Crippen LogP contribution in [0.4, 0.5) is 9.59 Å². The summed E-state index contributed by atoms with van der Waals surface area (Å²) in [5, 5.41) is 1.25. The van der Waals surface area contributed by atoms with Gasteiger partial charge < -0.3 is 23.8 Å². The molecule has 4 bridgehead atoms. The third kappa shape index (κ3) is 11.1. The summed E-state index contributed by atoms with van der Waals surface area (Å²) in [5.41, 5.74) is 7.00. The number of nitrogens with zero attached hydrogens (tertiary/aromatic N) is 3. The van der Waals surface area contributed by atoms with Crippen LogP contribution in [0.5, 0.6) is 0 Å². The van der Waals surface area contributed by atoms with Crippen molar-refractivity contribution in [3.05, 3.63) is 176 Å². The number of allylic oxidation sites excluding steroid dienone is 1. The lowest BCUT2D eigenvalue weighted by atomic mass is 9.89. The van der Waals surface area contributed by atoms with Crippen LogP contribution >= 0.6 is 31.9 Å². The first-order valence-electron chi connectivity index (χ1n) is 23.1. The van der Waals surface area contributed by atoms with Crippen molar-refractivity contribution in [3.63, 3.8) is 0 Å². The van der Waals surface area contributed by atoms with Gasteiger partial charge in [0.25, 0.3) is 10.1 Å². The Bertz CT molecular complexity index is 2820. The summed E-state index contributed by atoms with van der Waals surface area (Å²) < 4.78 is 46.0. The molecule has 4 aliphatic heterocycles. The van der Waals surface area contributed by atoms with Crippen molar-refractivity contribution in [1.29, 1.82) is 0 Å². The molecule has 0 saturated carbocycles. The summed E-state index contributed by atoms with van der Waals surface area (Å²) >= 11 is 6.98. The van der Waals surface area contributed by atoms with Crippen LogP contribution in [0.2, 0.25) is 0 Å².